The summed E-state index contributed by atoms with van der Waals surface area (Å²) in [6.07, 6.45) is 1.25. The van der Waals surface area contributed by atoms with Crippen molar-refractivity contribution in [3.8, 4) is 0 Å². The molecule has 0 radical (unpaired) electrons. The van der Waals surface area contributed by atoms with Gasteiger partial charge in [-0.2, -0.15) is 0 Å². The quantitative estimate of drug-likeness (QED) is 0.652. The molecule has 0 spiro atoms. The fraction of sp³-hybridized carbons (Fsp3) is 0.769. The third-order valence-corrected chi connectivity index (χ3v) is 2.58. The second kappa shape index (κ2) is 6.36. The summed E-state index contributed by atoms with van der Waals surface area (Å²) in [6.45, 7) is 6.63. The van der Waals surface area contributed by atoms with Gasteiger partial charge < -0.3 is 25.0 Å². The Morgan fingerprint density at radius 1 is 1.47 bits per heavy atom. The molecule has 19 heavy (non-hydrogen) atoms. The van der Waals surface area contributed by atoms with Gasteiger partial charge in [0.25, 0.3) is 0 Å². The lowest BCUT2D eigenvalue weighted by Crippen LogP contribution is -2.53. The maximum Gasteiger partial charge on any atom is 0.408 e. The van der Waals surface area contributed by atoms with Gasteiger partial charge in [0.05, 0.1) is 24.9 Å². The molecule has 1 heterocycles. The zero-order valence-corrected chi connectivity index (χ0v) is 11.8. The van der Waals surface area contributed by atoms with E-state index in [4.69, 9.17) is 14.6 Å². The molecule has 0 fully saturated rings. The van der Waals surface area contributed by atoms with E-state index in [0.29, 0.717) is 0 Å². The number of carbonyl (C=O) groups excluding carboxylic acids is 1. The summed E-state index contributed by atoms with van der Waals surface area (Å²) in [5, 5.41) is 21.4. The molecule has 0 aromatic heterocycles. The summed E-state index contributed by atoms with van der Waals surface area (Å²) in [7, 11) is 0. The van der Waals surface area contributed by atoms with Crippen LogP contribution in [0.5, 0.6) is 0 Å². The summed E-state index contributed by atoms with van der Waals surface area (Å²) >= 11 is 0. The van der Waals surface area contributed by atoms with Crippen molar-refractivity contribution in [2.45, 2.75) is 57.6 Å². The van der Waals surface area contributed by atoms with Crippen molar-refractivity contribution in [1.29, 1.82) is 0 Å². The van der Waals surface area contributed by atoms with Crippen LogP contribution in [0.2, 0.25) is 0 Å². The van der Waals surface area contributed by atoms with Gasteiger partial charge in [0.2, 0.25) is 0 Å². The zero-order valence-electron chi connectivity index (χ0n) is 11.8. The van der Waals surface area contributed by atoms with E-state index in [0.717, 1.165) is 0 Å². The van der Waals surface area contributed by atoms with Crippen molar-refractivity contribution in [3.63, 3.8) is 0 Å². The molecule has 0 bridgehead atoms. The maximum atomic E-state index is 11.7. The highest BCUT2D eigenvalue weighted by Crippen LogP contribution is 2.17. The highest BCUT2D eigenvalue weighted by atomic mass is 16.6. The van der Waals surface area contributed by atoms with E-state index < -0.39 is 36.6 Å². The zero-order chi connectivity index (χ0) is 14.6. The predicted octanol–water partition coefficient (Wildman–Crippen LogP) is 0.576. The molecule has 110 valence electrons. The van der Waals surface area contributed by atoms with Gasteiger partial charge in [-0.05, 0) is 27.7 Å². The lowest BCUT2D eigenvalue weighted by atomic mass is 10.1. The lowest BCUT2D eigenvalue weighted by molar-refractivity contribution is -0.0209. The minimum Gasteiger partial charge on any atom is -0.444 e. The van der Waals surface area contributed by atoms with Crippen molar-refractivity contribution >= 4 is 6.09 Å². The smallest absolute Gasteiger partial charge is 0.408 e. The molecular formula is C13H23NO5. The normalized spacial score (nSPS) is 26.0. The van der Waals surface area contributed by atoms with Crippen molar-refractivity contribution in [3.05, 3.63) is 12.2 Å². The molecular weight excluding hydrogens is 250 g/mol. The van der Waals surface area contributed by atoms with E-state index in [1.54, 1.807) is 26.8 Å². The molecule has 0 saturated carbocycles. The van der Waals surface area contributed by atoms with Crippen LogP contribution in [0.25, 0.3) is 0 Å². The summed E-state index contributed by atoms with van der Waals surface area (Å²) in [4.78, 5) is 11.7. The van der Waals surface area contributed by atoms with Gasteiger partial charge in [-0.1, -0.05) is 12.2 Å². The molecule has 1 amide bonds. The standard InChI is InChI=1S/C13H23NO5/c1-8-5-6-10(18-8)11(9(16)7-15)14-12(17)19-13(2,3)4/h5-6,8-11,15-16H,7H2,1-4H3,(H,14,17)/t8-,9+,10+,11+/m0/s1. The van der Waals surface area contributed by atoms with Crippen LogP contribution in [0.4, 0.5) is 4.79 Å². The highest BCUT2D eigenvalue weighted by Gasteiger charge is 2.33. The Bertz CT molecular complexity index is 336. The summed E-state index contributed by atoms with van der Waals surface area (Å²) in [5.41, 5.74) is -0.627. The largest absolute Gasteiger partial charge is 0.444 e. The van der Waals surface area contributed by atoms with Crippen LogP contribution in [0, 0.1) is 0 Å². The first-order chi connectivity index (χ1) is 8.73. The summed E-state index contributed by atoms with van der Waals surface area (Å²) in [6, 6.07) is -0.749. The Hall–Kier alpha value is -1.11. The minimum absolute atomic E-state index is 0.0844. The number of aliphatic hydroxyl groups is 2. The summed E-state index contributed by atoms with van der Waals surface area (Å²) in [5.74, 6) is 0. The number of hydrogen-bond donors (Lipinski definition) is 3. The Morgan fingerprint density at radius 2 is 2.11 bits per heavy atom. The molecule has 0 unspecified atom stereocenters. The van der Waals surface area contributed by atoms with E-state index in [2.05, 4.69) is 5.32 Å². The molecule has 1 aliphatic heterocycles. The van der Waals surface area contributed by atoms with Crippen LogP contribution in [-0.2, 0) is 9.47 Å². The van der Waals surface area contributed by atoms with Gasteiger partial charge in [-0.3, -0.25) is 0 Å². The molecule has 0 aromatic carbocycles. The first-order valence-corrected chi connectivity index (χ1v) is 6.35. The lowest BCUT2D eigenvalue weighted by Gasteiger charge is -2.29. The van der Waals surface area contributed by atoms with Gasteiger partial charge in [-0.15, -0.1) is 0 Å². The van der Waals surface area contributed by atoms with Crippen LogP contribution in [0.1, 0.15) is 27.7 Å². The molecule has 6 heteroatoms. The van der Waals surface area contributed by atoms with Crippen molar-refractivity contribution in [2.24, 2.45) is 0 Å². The molecule has 0 saturated heterocycles. The SMILES string of the molecule is C[C@H]1C=C[C@H]([C@H](NC(=O)OC(C)(C)C)[C@H](O)CO)O1. The average molecular weight is 273 g/mol. The fourth-order valence-electron chi connectivity index (χ4n) is 1.76. The number of carbonyl (C=O) groups is 1. The summed E-state index contributed by atoms with van der Waals surface area (Å²) < 4.78 is 10.7. The molecule has 4 atom stereocenters. The molecule has 3 N–H and O–H groups in total. The number of alkyl carbamates (subject to hydrolysis) is 1. The van der Waals surface area contributed by atoms with Crippen molar-refractivity contribution in [2.75, 3.05) is 6.61 Å². The van der Waals surface area contributed by atoms with Gasteiger partial charge in [0.1, 0.15) is 11.7 Å². The molecule has 1 aliphatic rings. The number of hydrogen-bond acceptors (Lipinski definition) is 5. The highest BCUT2D eigenvalue weighted by molar-refractivity contribution is 5.68. The Balaban J connectivity index is 2.65. The number of amides is 1. The Labute approximate surface area is 113 Å². The van der Waals surface area contributed by atoms with E-state index in [1.807, 2.05) is 13.0 Å². The average Bonchev–Trinajstić information content (AvgIpc) is 2.69. The first-order valence-electron chi connectivity index (χ1n) is 6.35. The van der Waals surface area contributed by atoms with Crippen LogP contribution in [0.3, 0.4) is 0 Å². The minimum atomic E-state index is -1.12. The van der Waals surface area contributed by atoms with Gasteiger partial charge in [0, 0.05) is 0 Å². The second-order valence-electron chi connectivity index (χ2n) is 5.61. The van der Waals surface area contributed by atoms with E-state index >= 15 is 0 Å². The number of rotatable bonds is 4. The van der Waals surface area contributed by atoms with E-state index in [-0.39, 0.29) is 6.10 Å². The van der Waals surface area contributed by atoms with Gasteiger partial charge >= 0.3 is 6.09 Å². The van der Waals surface area contributed by atoms with Gasteiger partial charge in [0.15, 0.2) is 0 Å². The van der Waals surface area contributed by atoms with Crippen LogP contribution in [-0.4, -0.2) is 52.9 Å². The third-order valence-electron chi connectivity index (χ3n) is 2.58. The van der Waals surface area contributed by atoms with Gasteiger partial charge in [-0.25, -0.2) is 4.79 Å². The Morgan fingerprint density at radius 3 is 2.53 bits per heavy atom. The van der Waals surface area contributed by atoms with Crippen LogP contribution < -0.4 is 5.32 Å². The molecule has 0 aliphatic carbocycles. The maximum absolute atomic E-state index is 11.7. The number of nitrogens with one attached hydrogen (secondary N) is 1. The second-order valence-corrected chi connectivity index (χ2v) is 5.61. The molecule has 6 nitrogen and oxygen atoms in total. The first kappa shape index (κ1) is 15.9. The van der Waals surface area contributed by atoms with Crippen LogP contribution >= 0.6 is 0 Å². The van der Waals surface area contributed by atoms with Crippen molar-refractivity contribution < 1.29 is 24.5 Å². The van der Waals surface area contributed by atoms with E-state index in [9.17, 15) is 9.90 Å². The Kier molecular flexibility index (Phi) is 5.34. The van der Waals surface area contributed by atoms with Crippen LogP contribution in [0.15, 0.2) is 12.2 Å². The molecule has 1 rings (SSSR count). The molecule has 0 aromatic rings. The monoisotopic (exact) mass is 273 g/mol. The topological polar surface area (TPSA) is 88.0 Å². The predicted molar refractivity (Wildman–Crippen MR) is 69.7 cm³/mol. The fourth-order valence-corrected chi connectivity index (χ4v) is 1.76. The van der Waals surface area contributed by atoms with Crippen molar-refractivity contribution in [1.82, 2.24) is 5.32 Å². The number of ether oxygens (including phenoxy) is 2. The third kappa shape index (κ3) is 5.18. The van der Waals surface area contributed by atoms with E-state index in [1.165, 1.54) is 0 Å². The number of aliphatic hydroxyl groups excluding tert-OH is 2.